The third-order valence-corrected chi connectivity index (χ3v) is 4.07. The van der Waals surface area contributed by atoms with Crippen LogP contribution in [0.5, 0.6) is 5.75 Å². The lowest BCUT2D eigenvalue weighted by atomic mass is 10.0. The first kappa shape index (κ1) is 18.2. The molecule has 3 N–H and O–H groups in total. The van der Waals surface area contributed by atoms with Crippen molar-refractivity contribution in [2.45, 2.75) is 51.4 Å². The number of nitrogens with one attached hydrogen (secondary N) is 2. The lowest BCUT2D eigenvalue weighted by Crippen LogP contribution is -2.42. The molecule has 23 heavy (non-hydrogen) atoms. The largest absolute Gasteiger partial charge is 0.491 e. The van der Waals surface area contributed by atoms with Gasteiger partial charge in [-0.1, -0.05) is 26.0 Å². The molecule has 0 saturated carbocycles. The molecule has 0 bridgehead atoms. The van der Waals surface area contributed by atoms with Crippen LogP contribution in [-0.4, -0.2) is 49.2 Å². The minimum Gasteiger partial charge on any atom is -0.491 e. The van der Waals surface area contributed by atoms with Gasteiger partial charge in [-0.05, 0) is 31.0 Å². The average molecular weight is 322 g/mol. The molecule has 2 atom stereocenters. The smallest absolute Gasteiger partial charge is 0.119 e. The molecule has 2 rings (SSSR count). The topological polar surface area (TPSA) is 62.8 Å². The lowest BCUT2D eigenvalue weighted by Gasteiger charge is -2.23. The molecule has 1 aliphatic heterocycles. The van der Waals surface area contributed by atoms with Crippen LogP contribution in [0.3, 0.4) is 0 Å². The van der Waals surface area contributed by atoms with Gasteiger partial charge in [0.2, 0.25) is 0 Å². The molecule has 2 unspecified atom stereocenters. The first-order valence-electron chi connectivity index (χ1n) is 8.43. The Morgan fingerprint density at radius 3 is 2.65 bits per heavy atom. The molecule has 1 aromatic rings. The minimum atomic E-state index is -0.499. The zero-order valence-corrected chi connectivity index (χ0v) is 14.5. The molecule has 130 valence electrons. The maximum atomic E-state index is 9.84. The summed E-state index contributed by atoms with van der Waals surface area (Å²) in [6.07, 6.45) is 0.553. The van der Waals surface area contributed by atoms with Crippen LogP contribution in [0.15, 0.2) is 24.3 Å². The highest BCUT2D eigenvalue weighted by molar-refractivity contribution is 5.27. The van der Waals surface area contributed by atoms with Crippen molar-refractivity contribution in [2.24, 2.45) is 0 Å². The van der Waals surface area contributed by atoms with E-state index in [9.17, 15) is 5.11 Å². The Morgan fingerprint density at radius 1 is 1.30 bits per heavy atom. The van der Waals surface area contributed by atoms with Gasteiger partial charge in [-0.3, -0.25) is 0 Å². The lowest BCUT2D eigenvalue weighted by molar-refractivity contribution is 0.104. The molecule has 0 amide bonds. The summed E-state index contributed by atoms with van der Waals surface area (Å²) in [6, 6.07) is 8.38. The van der Waals surface area contributed by atoms with Gasteiger partial charge >= 0.3 is 0 Å². The highest BCUT2D eigenvalue weighted by Crippen LogP contribution is 2.19. The van der Waals surface area contributed by atoms with Crippen LogP contribution in [-0.2, 0) is 11.3 Å². The Morgan fingerprint density at radius 2 is 2.04 bits per heavy atom. The molecule has 1 aromatic carbocycles. The predicted octanol–water partition coefficient (Wildman–Crippen LogP) is 1.69. The second-order valence-corrected chi connectivity index (χ2v) is 6.89. The Bertz CT molecular complexity index is 456. The molecule has 0 spiro atoms. The molecule has 1 heterocycles. The zero-order valence-electron chi connectivity index (χ0n) is 14.5. The van der Waals surface area contributed by atoms with Gasteiger partial charge in [0, 0.05) is 31.3 Å². The van der Waals surface area contributed by atoms with Crippen LogP contribution in [0.2, 0.25) is 0 Å². The van der Waals surface area contributed by atoms with Gasteiger partial charge in [-0.25, -0.2) is 0 Å². The summed E-state index contributed by atoms with van der Waals surface area (Å²) in [5.41, 5.74) is 1.30. The van der Waals surface area contributed by atoms with Crippen LogP contribution in [0.1, 0.15) is 32.8 Å². The fraction of sp³-hybridized carbons (Fsp3) is 0.667. The van der Waals surface area contributed by atoms with Crippen LogP contribution < -0.4 is 15.4 Å². The standard InChI is InChI=1S/C18H30N2O3/c1-14(2)19-11-16(21)12-23-17-6-4-15(5-7-17)10-20-18(3)8-9-22-13-18/h4-7,14,16,19-21H,8-13H2,1-3H3. The Hall–Kier alpha value is -1.14. The molecule has 1 saturated heterocycles. The van der Waals surface area contributed by atoms with Crippen LogP contribution >= 0.6 is 0 Å². The Labute approximate surface area is 139 Å². The molecule has 1 aliphatic rings. The molecule has 1 fully saturated rings. The van der Waals surface area contributed by atoms with E-state index in [2.05, 4.69) is 43.5 Å². The number of hydrogen-bond donors (Lipinski definition) is 3. The highest BCUT2D eigenvalue weighted by Gasteiger charge is 2.28. The summed E-state index contributed by atoms with van der Waals surface area (Å²) in [4.78, 5) is 0. The molecule has 0 aliphatic carbocycles. The van der Waals surface area contributed by atoms with E-state index in [1.165, 1.54) is 5.56 Å². The fourth-order valence-electron chi connectivity index (χ4n) is 2.45. The van der Waals surface area contributed by atoms with Gasteiger partial charge in [0.1, 0.15) is 18.5 Å². The van der Waals surface area contributed by atoms with Crippen molar-refractivity contribution in [3.05, 3.63) is 29.8 Å². The molecule has 5 heteroatoms. The summed E-state index contributed by atoms with van der Waals surface area (Å²) in [5.74, 6) is 0.785. The number of ether oxygens (including phenoxy) is 2. The Balaban J connectivity index is 1.71. The van der Waals surface area contributed by atoms with E-state index >= 15 is 0 Å². The number of hydrogen-bond acceptors (Lipinski definition) is 5. The van der Waals surface area contributed by atoms with Gasteiger partial charge < -0.3 is 25.2 Å². The summed E-state index contributed by atoms with van der Waals surface area (Å²) in [7, 11) is 0. The number of aliphatic hydroxyl groups is 1. The van der Waals surface area contributed by atoms with Crippen molar-refractivity contribution in [1.82, 2.24) is 10.6 Å². The normalized spacial score (nSPS) is 22.5. The maximum Gasteiger partial charge on any atom is 0.119 e. The molecular weight excluding hydrogens is 292 g/mol. The van der Waals surface area contributed by atoms with Crippen molar-refractivity contribution in [3.8, 4) is 5.75 Å². The summed E-state index contributed by atoms with van der Waals surface area (Å²) < 4.78 is 11.1. The molecule has 0 aromatic heterocycles. The maximum absolute atomic E-state index is 9.84. The van der Waals surface area contributed by atoms with Gasteiger partial charge in [0.25, 0.3) is 0 Å². The predicted molar refractivity (Wildman–Crippen MR) is 91.8 cm³/mol. The van der Waals surface area contributed by atoms with E-state index in [1.807, 2.05) is 12.1 Å². The Kier molecular flexibility index (Phi) is 6.84. The van der Waals surface area contributed by atoms with E-state index in [-0.39, 0.29) is 5.54 Å². The average Bonchev–Trinajstić information content (AvgIpc) is 2.97. The van der Waals surface area contributed by atoms with Crippen LogP contribution in [0.25, 0.3) is 0 Å². The molecule has 5 nitrogen and oxygen atoms in total. The minimum absolute atomic E-state index is 0.0860. The van der Waals surface area contributed by atoms with Crippen molar-refractivity contribution in [3.63, 3.8) is 0 Å². The van der Waals surface area contributed by atoms with Gasteiger partial charge in [-0.2, -0.15) is 0 Å². The van der Waals surface area contributed by atoms with Crippen LogP contribution in [0.4, 0.5) is 0 Å². The zero-order chi connectivity index (χ0) is 16.7. The second kappa shape index (κ2) is 8.64. The van der Waals surface area contributed by atoms with Gasteiger partial charge in [-0.15, -0.1) is 0 Å². The van der Waals surface area contributed by atoms with E-state index in [0.717, 1.165) is 31.9 Å². The third kappa shape index (κ3) is 6.47. The van der Waals surface area contributed by atoms with Crippen molar-refractivity contribution in [2.75, 3.05) is 26.4 Å². The van der Waals surface area contributed by atoms with E-state index < -0.39 is 6.10 Å². The fourth-order valence-corrected chi connectivity index (χ4v) is 2.45. The highest BCUT2D eigenvalue weighted by atomic mass is 16.5. The number of rotatable bonds is 9. The van der Waals surface area contributed by atoms with Crippen LogP contribution in [0, 0.1) is 0 Å². The SMILES string of the molecule is CC(C)NCC(O)COc1ccc(CNC2(C)CCOC2)cc1. The van der Waals surface area contributed by atoms with Crippen molar-refractivity contribution >= 4 is 0 Å². The monoisotopic (exact) mass is 322 g/mol. The summed E-state index contributed by atoms with van der Waals surface area (Å²) in [6.45, 7) is 9.58. The van der Waals surface area contributed by atoms with Crippen molar-refractivity contribution in [1.29, 1.82) is 0 Å². The summed E-state index contributed by atoms with van der Waals surface area (Å²) >= 11 is 0. The molecular formula is C18H30N2O3. The van der Waals surface area contributed by atoms with Gasteiger partial charge in [0.05, 0.1) is 6.61 Å². The van der Waals surface area contributed by atoms with Crippen molar-refractivity contribution < 1.29 is 14.6 Å². The second-order valence-electron chi connectivity index (χ2n) is 6.89. The van der Waals surface area contributed by atoms with E-state index in [4.69, 9.17) is 9.47 Å². The quantitative estimate of drug-likeness (QED) is 0.646. The van der Waals surface area contributed by atoms with Gasteiger partial charge in [0.15, 0.2) is 0 Å². The third-order valence-electron chi connectivity index (χ3n) is 4.07. The van der Waals surface area contributed by atoms with E-state index in [1.54, 1.807) is 0 Å². The first-order chi connectivity index (χ1) is 11.0. The first-order valence-corrected chi connectivity index (χ1v) is 8.43. The molecule has 0 radical (unpaired) electrons. The number of aliphatic hydroxyl groups excluding tert-OH is 1. The number of benzene rings is 1. The summed E-state index contributed by atoms with van der Waals surface area (Å²) in [5, 5.41) is 16.6. The van der Waals surface area contributed by atoms with E-state index in [0.29, 0.717) is 19.2 Å².